The molecular formula is C11H21NO2. The third-order valence-electron chi connectivity index (χ3n) is 2.19. The molecule has 0 spiro atoms. The Hall–Kier alpha value is -0.830. The van der Waals surface area contributed by atoms with Crippen molar-refractivity contribution in [3.8, 4) is 0 Å². The molecular weight excluding hydrogens is 178 g/mol. The van der Waals surface area contributed by atoms with Crippen molar-refractivity contribution in [1.29, 1.82) is 0 Å². The lowest BCUT2D eigenvalue weighted by Crippen LogP contribution is -2.25. The maximum atomic E-state index is 11.2. The van der Waals surface area contributed by atoms with Crippen LogP contribution in [0.3, 0.4) is 0 Å². The van der Waals surface area contributed by atoms with Crippen LogP contribution in [0.2, 0.25) is 0 Å². The highest BCUT2D eigenvalue weighted by Gasteiger charge is 2.08. The molecule has 0 rings (SSSR count). The minimum absolute atomic E-state index is 0.264. The minimum atomic E-state index is -0.264. The molecule has 0 N–H and O–H groups in total. The fourth-order valence-corrected chi connectivity index (χ4v) is 1.17. The molecule has 0 fully saturated rings. The summed E-state index contributed by atoms with van der Waals surface area (Å²) in [6, 6.07) is 0. The summed E-state index contributed by atoms with van der Waals surface area (Å²) in [6.07, 6.45) is 0.695. The van der Waals surface area contributed by atoms with Crippen LogP contribution >= 0.6 is 0 Å². The fourth-order valence-electron chi connectivity index (χ4n) is 1.17. The Labute approximate surface area is 86.7 Å². The molecule has 0 heterocycles. The van der Waals surface area contributed by atoms with Crippen LogP contribution in [-0.4, -0.2) is 37.1 Å². The van der Waals surface area contributed by atoms with Gasteiger partial charge >= 0.3 is 5.97 Å². The molecule has 3 heteroatoms. The predicted octanol–water partition coefficient (Wildman–Crippen LogP) is 1.84. The molecule has 0 aliphatic heterocycles. The third kappa shape index (κ3) is 5.02. The van der Waals surface area contributed by atoms with Gasteiger partial charge in [0.15, 0.2) is 0 Å². The average Bonchev–Trinajstić information content (AvgIpc) is 2.19. The molecule has 0 amide bonds. The van der Waals surface area contributed by atoms with Gasteiger partial charge in [-0.25, -0.2) is 4.79 Å². The third-order valence-corrected chi connectivity index (χ3v) is 2.19. The van der Waals surface area contributed by atoms with E-state index >= 15 is 0 Å². The first-order valence-electron chi connectivity index (χ1n) is 5.22. The lowest BCUT2D eigenvalue weighted by atomic mass is 10.2. The normalized spacial score (nSPS) is 10.3. The first kappa shape index (κ1) is 13.2. The summed E-state index contributed by atoms with van der Waals surface area (Å²) in [5.74, 6) is -0.264. The largest absolute Gasteiger partial charge is 0.463 e. The number of ether oxygens (including phenoxy) is 1. The van der Waals surface area contributed by atoms with Gasteiger partial charge < -0.3 is 9.64 Å². The fraction of sp³-hybridized carbons (Fsp3) is 0.727. The van der Waals surface area contributed by atoms with Crippen molar-refractivity contribution in [2.45, 2.75) is 27.2 Å². The molecule has 3 nitrogen and oxygen atoms in total. The van der Waals surface area contributed by atoms with E-state index in [1.165, 1.54) is 0 Å². The summed E-state index contributed by atoms with van der Waals surface area (Å²) in [7, 11) is 0. The monoisotopic (exact) mass is 199 g/mol. The van der Waals surface area contributed by atoms with Crippen LogP contribution in [-0.2, 0) is 9.53 Å². The number of carbonyl (C=O) groups excluding carboxylic acids is 1. The van der Waals surface area contributed by atoms with Crippen molar-refractivity contribution in [3.63, 3.8) is 0 Å². The quantitative estimate of drug-likeness (QED) is 0.463. The highest BCUT2D eigenvalue weighted by atomic mass is 16.5. The Bertz CT molecular complexity index is 186. The molecule has 0 aliphatic rings. The van der Waals surface area contributed by atoms with Gasteiger partial charge in [0.2, 0.25) is 0 Å². The summed E-state index contributed by atoms with van der Waals surface area (Å²) in [6.45, 7) is 13.0. The molecule has 14 heavy (non-hydrogen) atoms. The van der Waals surface area contributed by atoms with Crippen LogP contribution in [0.4, 0.5) is 0 Å². The Kier molecular flexibility index (Phi) is 7.11. The van der Waals surface area contributed by atoms with E-state index in [9.17, 15) is 4.79 Å². The second kappa shape index (κ2) is 7.56. The zero-order valence-corrected chi connectivity index (χ0v) is 9.51. The number of nitrogens with zero attached hydrogens (tertiary/aromatic N) is 1. The van der Waals surface area contributed by atoms with Gasteiger partial charge in [0.1, 0.15) is 0 Å². The molecule has 0 saturated heterocycles. The SMILES string of the molecule is C=C(CCN(CC)CC)C(=O)OCC. The molecule has 0 radical (unpaired) electrons. The van der Waals surface area contributed by atoms with Crippen molar-refractivity contribution < 1.29 is 9.53 Å². The van der Waals surface area contributed by atoms with Gasteiger partial charge in [-0.15, -0.1) is 0 Å². The molecule has 0 bridgehead atoms. The summed E-state index contributed by atoms with van der Waals surface area (Å²) in [5.41, 5.74) is 0.568. The smallest absolute Gasteiger partial charge is 0.333 e. The Morgan fingerprint density at radius 2 is 1.86 bits per heavy atom. The molecule has 0 unspecified atom stereocenters. The summed E-state index contributed by atoms with van der Waals surface area (Å²) < 4.78 is 4.85. The van der Waals surface area contributed by atoms with Crippen LogP contribution in [0.5, 0.6) is 0 Å². The lowest BCUT2D eigenvalue weighted by molar-refractivity contribution is -0.138. The van der Waals surface area contributed by atoms with Gasteiger partial charge in [-0.3, -0.25) is 0 Å². The number of hydrogen-bond acceptors (Lipinski definition) is 3. The van der Waals surface area contributed by atoms with Crippen LogP contribution in [0.25, 0.3) is 0 Å². The number of hydrogen-bond donors (Lipinski definition) is 0. The van der Waals surface area contributed by atoms with E-state index in [1.54, 1.807) is 6.92 Å². The van der Waals surface area contributed by atoms with Crippen LogP contribution in [0, 0.1) is 0 Å². The summed E-state index contributed by atoms with van der Waals surface area (Å²) in [5, 5.41) is 0. The molecule has 0 aromatic rings. The summed E-state index contributed by atoms with van der Waals surface area (Å²) in [4.78, 5) is 13.4. The van der Waals surface area contributed by atoms with Gasteiger partial charge in [-0.05, 0) is 26.4 Å². The lowest BCUT2D eigenvalue weighted by Gasteiger charge is -2.17. The Morgan fingerprint density at radius 1 is 1.29 bits per heavy atom. The first-order chi connectivity index (χ1) is 6.65. The van der Waals surface area contributed by atoms with Gasteiger partial charge in [-0.1, -0.05) is 20.4 Å². The standard InChI is InChI=1S/C11H21NO2/c1-5-12(6-2)9-8-10(4)11(13)14-7-3/h4-9H2,1-3H3. The van der Waals surface area contributed by atoms with Crippen LogP contribution in [0.15, 0.2) is 12.2 Å². The maximum absolute atomic E-state index is 11.2. The Morgan fingerprint density at radius 3 is 2.29 bits per heavy atom. The Balaban J connectivity index is 3.77. The molecule has 0 aromatic carbocycles. The van der Waals surface area contributed by atoms with E-state index in [0.29, 0.717) is 18.6 Å². The highest BCUT2D eigenvalue weighted by Crippen LogP contribution is 2.03. The zero-order chi connectivity index (χ0) is 11.0. The van der Waals surface area contributed by atoms with E-state index in [2.05, 4.69) is 25.3 Å². The molecule has 0 aromatic heterocycles. The second-order valence-electron chi connectivity index (χ2n) is 3.10. The topological polar surface area (TPSA) is 29.5 Å². The van der Waals surface area contributed by atoms with E-state index in [1.807, 2.05) is 0 Å². The number of esters is 1. The van der Waals surface area contributed by atoms with E-state index in [0.717, 1.165) is 19.6 Å². The first-order valence-corrected chi connectivity index (χ1v) is 5.22. The number of carbonyl (C=O) groups is 1. The van der Waals surface area contributed by atoms with Crippen molar-refractivity contribution in [3.05, 3.63) is 12.2 Å². The van der Waals surface area contributed by atoms with E-state index < -0.39 is 0 Å². The van der Waals surface area contributed by atoms with Gasteiger partial charge in [-0.2, -0.15) is 0 Å². The van der Waals surface area contributed by atoms with Gasteiger partial charge in [0.25, 0.3) is 0 Å². The van der Waals surface area contributed by atoms with Crippen molar-refractivity contribution in [1.82, 2.24) is 4.90 Å². The van der Waals surface area contributed by atoms with Gasteiger partial charge in [0, 0.05) is 12.1 Å². The number of rotatable bonds is 7. The van der Waals surface area contributed by atoms with Crippen molar-refractivity contribution in [2.24, 2.45) is 0 Å². The molecule has 0 saturated carbocycles. The minimum Gasteiger partial charge on any atom is -0.463 e. The van der Waals surface area contributed by atoms with Crippen molar-refractivity contribution >= 4 is 5.97 Å². The molecule has 0 aliphatic carbocycles. The predicted molar refractivity (Wildman–Crippen MR) is 58.2 cm³/mol. The van der Waals surface area contributed by atoms with Crippen LogP contribution in [0.1, 0.15) is 27.2 Å². The second-order valence-corrected chi connectivity index (χ2v) is 3.10. The van der Waals surface area contributed by atoms with Crippen LogP contribution < -0.4 is 0 Å². The average molecular weight is 199 g/mol. The molecule has 82 valence electrons. The van der Waals surface area contributed by atoms with Gasteiger partial charge in [0.05, 0.1) is 6.61 Å². The maximum Gasteiger partial charge on any atom is 0.333 e. The van der Waals surface area contributed by atoms with E-state index in [-0.39, 0.29) is 5.97 Å². The summed E-state index contributed by atoms with van der Waals surface area (Å²) >= 11 is 0. The van der Waals surface area contributed by atoms with E-state index in [4.69, 9.17) is 4.74 Å². The molecule has 0 atom stereocenters. The van der Waals surface area contributed by atoms with Crippen molar-refractivity contribution in [2.75, 3.05) is 26.2 Å². The highest BCUT2D eigenvalue weighted by molar-refractivity contribution is 5.87. The zero-order valence-electron chi connectivity index (χ0n) is 9.51.